The molecule has 0 heterocycles. The van der Waals surface area contributed by atoms with E-state index in [2.05, 4.69) is 5.32 Å². The first-order valence-electron chi connectivity index (χ1n) is 6.63. The van der Waals surface area contributed by atoms with Crippen LogP contribution in [0, 0.1) is 5.82 Å². The summed E-state index contributed by atoms with van der Waals surface area (Å²) in [5, 5.41) is 3.18. The number of benzene rings is 2. The summed E-state index contributed by atoms with van der Waals surface area (Å²) in [4.78, 5) is 25.4. The van der Waals surface area contributed by atoms with E-state index in [4.69, 9.17) is 23.2 Å². The van der Waals surface area contributed by atoms with E-state index in [9.17, 15) is 14.0 Å². The summed E-state index contributed by atoms with van der Waals surface area (Å²) < 4.78 is 12.9. The van der Waals surface area contributed by atoms with Crippen molar-refractivity contribution in [3.63, 3.8) is 0 Å². The second-order valence-corrected chi connectivity index (χ2v) is 5.63. The highest BCUT2D eigenvalue weighted by Crippen LogP contribution is 2.29. The van der Waals surface area contributed by atoms with Gasteiger partial charge in [-0.25, -0.2) is 4.39 Å². The average molecular weight is 355 g/mol. The molecule has 0 spiro atoms. The minimum Gasteiger partial charge on any atom is -0.332 e. The molecule has 0 aromatic heterocycles. The third-order valence-electron chi connectivity index (χ3n) is 3.05. The van der Waals surface area contributed by atoms with Crippen LogP contribution in [0.15, 0.2) is 42.5 Å². The maximum atomic E-state index is 12.9. The number of anilines is 1. The van der Waals surface area contributed by atoms with E-state index < -0.39 is 17.6 Å². The normalized spacial score (nSPS) is 10.3. The molecule has 0 aliphatic rings. The molecular weight excluding hydrogens is 342 g/mol. The highest BCUT2D eigenvalue weighted by molar-refractivity contribution is 6.39. The van der Waals surface area contributed by atoms with Crippen LogP contribution in [-0.2, 0) is 4.79 Å². The molecule has 2 aromatic rings. The smallest absolute Gasteiger partial charge is 0.254 e. The van der Waals surface area contributed by atoms with Crippen LogP contribution in [0.1, 0.15) is 10.4 Å². The molecule has 0 radical (unpaired) electrons. The summed E-state index contributed by atoms with van der Waals surface area (Å²) in [6, 6.07) is 9.93. The first-order chi connectivity index (χ1) is 10.9. The molecule has 2 rings (SSSR count). The van der Waals surface area contributed by atoms with Gasteiger partial charge >= 0.3 is 0 Å². The van der Waals surface area contributed by atoms with Crippen LogP contribution in [0.5, 0.6) is 0 Å². The molecule has 2 amide bonds. The maximum absolute atomic E-state index is 12.9. The lowest BCUT2D eigenvalue weighted by atomic mass is 10.2. The molecule has 0 atom stereocenters. The molecule has 0 aliphatic carbocycles. The second kappa shape index (κ2) is 7.44. The van der Waals surface area contributed by atoms with E-state index in [-0.39, 0.29) is 12.1 Å². The van der Waals surface area contributed by atoms with Gasteiger partial charge in [-0.05, 0) is 36.4 Å². The van der Waals surface area contributed by atoms with Crippen molar-refractivity contribution in [2.75, 3.05) is 18.9 Å². The number of nitrogens with zero attached hydrogens (tertiary/aromatic N) is 1. The van der Waals surface area contributed by atoms with Crippen molar-refractivity contribution >= 4 is 40.7 Å². The van der Waals surface area contributed by atoms with Crippen LogP contribution < -0.4 is 5.32 Å². The van der Waals surface area contributed by atoms with Gasteiger partial charge in [0.15, 0.2) is 0 Å². The first-order valence-corrected chi connectivity index (χ1v) is 7.39. The summed E-state index contributed by atoms with van der Waals surface area (Å²) in [5.41, 5.74) is 0.584. The summed E-state index contributed by atoms with van der Waals surface area (Å²) in [6.07, 6.45) is 0. The predicted octanol–water partition coefficient (Wildman–Crippen LogP) is 3.84. The third kappa shape index (κ3) is 4.43. The van der Waals surface area contributed by atoms with Crippen LogP contribution in [0.4, 0.5) is 10.1 Å². The van der Waals surface area contributed by atoms with E-state index in [1.165, 1.54) is 36.2 Å². The number of halogens is 3. The third-order valence-corrected chi connectivity index (χ3v) is 3.68. The number of nitrogens with one attached hydrogen (secondary N) is 1. The van der Waals surface area contributed by atoms with E-state index >= 15 is 0 Å². The number of para-hydroxylation sites is 1. The van der Waals surface area contributed by atoms with Crippen LogP contribution >= 0.6 is 23.2 Å². The van der Waals surface area contributed by atoms with E-state index in [0.29, 0.717) is 15.7 Å². The van der Waals surface area contributed by atoms with Crippen molar-refractivity contribution in [1.29, 1.82) is 0 Å². The Morgan fingerprint density at radius 3 is 2.22 bits per heavy atom. The molecule has 7 heteroatoms. The fraction of sp³-hybridized carbons (Fsp3) is 0.125. The van der Waals surface area contributed by atoms with E-state index in [1.807, 2.05) is 0 Å². The molecule has 0 fully saturated rings. The van der Waals surface area contributed by atoms with Gasteiger partial charge in [0.2, 0.25) is 5.91 Å². The van der Waals surface area contributed by atoms with Gasteiger partial charge in [-0.15, -0.1) is 0 Å². The number of carbonyl (C=O) groups is 2. The lowest BCUT2D eigenvalue weighted by Crippen LogP contribution is -2.35. The Bertz CT molecular complexity index is 715. The zero-order valence-corrected chi connectivity index (χ0v) is 13.7. The Morgan fingerprint density at radius 2 is 1.65 bits per heavy atom. The molecule has 120 valence electrons. The summed E-state index contributed by atoms with van der Waals surface area (Å²) in [6.45, 7) is -0.197. The maximum Gasteiger partial charge on any atom is 0.254 e. The lowest BCUT2D eigenvalue weighted by molar-refractivity contribution is -0.116. The van der Waals surface area contributed by atoms with Crippen molar-refractivity contribution in [1.82, 2.24) is 4.90 Å². The van der Waals surface area contributed by atoms with Crippen LogP contribution in [0.2, 0.25) is 10.0 Å². The Morgan fingerprint density at radius 1 is 1.09 bits per heavy atom. The molecule has 0 unspecified atom stereocenters. The monoisotopic (exact) mass is 354 g/mol. The Hall–Kier alpha value is -2.11. The first kappa shape index (κ1) is 17.2. The quantitative estimate of drug-likeness (QED) is 0.906. The number of hydrogen-bond donors (Lipinski definition) is 1. The molecule has 0 bridgehead atoms. The van der Waals surface area contributed by atoms with Crippen molar-refractivity contribution in [2.24, 2.45) is 0 Å². The van der Waals surface area contributed by atoms with Crippen LogP contribution in [0.3, 0.4) is 0 Å². The van der Waals surface area contributed by atoms with Gasteiger partial charge in [-0.1, -0.05) is 29.3 Å². The molecule has 0 saturated carbocycles. The van der Waals surface area contributed by atoms with Gasteiger partial charge in [-0.2, -0.15) is 0 Å². The molecular formula is C16H13Cl2FN2O2. The Balaban J connectivity index is 2.02. The van der Waals surface area contributed by atoms with Gasteiger partial charge in [0.25, 0.3) is 5.91 Å². The van der Waals surface area contributed by atoms with Crippen molar-refractivity contribution < 1.29 is 14.0 Å². The predicted molar refractivity (Wildman–Crippen MR) is 88.5 cm³/mol. The molecule has 23 heavy (non-hydrogen) atoms. The largest absolute Gasteiger partial charge is 0.332 e. The lowest BCUT2D eigenvalue weighted by Gasteiger charge is -2.17. The molecule has 0 saturated heterocycles. The zero-order chi connectivity index (χ0) is 17.0. The SMILES string of the molecule is CN(CC(=O)Nc1c(Cl)cccc1Cl)C(=O)c1ccc(F)cc1. The van der Waals surface area contributed by atoms with Crippen LogP contribution in [0.25, 0.3) is 0 Å². The van der Waals surface area contributed by atoms with Gasteiger partial charge in [0.1, 0.15) is 5.82 Å². The minimum atomic E-state index is -0.446. The second-order valence-electron chi connectivity index (χ2n) is 4.81. The standard InChI is InChI=1S/C16H13Cl2FN2O2/c1-21(16(23)10-5-7-11(19)8-6-10)9-14(22)20-15-12(17)3-2-4-13(15)18/h2-8H,9H2,1H3,(H,20,22). The summed E-state index contributed by atoms with van der Waals surface area (Å²) in [5.74, 6) is -1.28. The van der Waals surface area contributed by atoms with E-state index in [1.54, 1.807) is 18.2 Å². The highest BCUT2D eigenvalue weighted by atomic mass is 35.5. The Labute approximate surface area is 142 Å². The van der Waals surface area contributed by atoms with Gasteiger partial charge < -0.3 is 10.2 Å². The molecule has 1 N–H and O–H groups in total. The summed E-state index contributed by atoms with van der Waals surface area (Å²) >= 11 is 11.9. The van der Waals surface area contributed by atoms with Gasteiger partial charge in [0, 0.05) is 12.6 Å². The minimum absolute atomic E-state index is 0.197. The van der Waals surface area contributed by atoms with Crippen molar-refractivity contribution in [2.45, 2.75) is 0 Å². The van der Waals surface area contributed by atoms with Gasteiger partial charge in [0.05, 0.1) is 22.3 Å². The van der Waals surface area contributed by atoms with Crippen molar-refractivity contribution in [3.8, 4) is 0 Å². The topological polar surface area (TPSA) is 49.4 Å². The Kier molecular flexibility index (Phi) is 5.58. The van der Waals surface area contributed by atoms with Gasteiger partial charge in [-0.3, -0.25) is 9.59 Å². The van der Waals surface area contributed by atoms with Crippen LogP contribution in [-0.4, -0.2) is 30.3 Å². The fourth-order valence-electron chi connectivity index (χ4n) is 1.90. The average Bonchev–Trinajstić information content (AvgIpc) is 2.51. The van der Waals surface area contributed by atoms with Crippen molar-refractivity contribution in [3.05, 3.63) is 63.9 Å². The molecule has 4 nitrogen and oxygen atoms in total. The zero-order valence-electron chi connectivity index (χ0n) is 12.1. The molecule has 2 aromatic carbocycles. The van der Waals surface area contributed by atoms with E-state index in [0.717, 1.165) is 0 Å². The highest BCUT2D eigenvalue weighted by Gasteiger charge is 2.16. The summed E-state index contributed by atoms with van der Waals surface area (Å²) in [7, 11) is 1.47. The number of hydrogen-bond acceptors (Lipinski definition) is 2. The fourth-order valence-corrected chi connectivity index (χ4v) is 2.39. The molecule has 0 aliphatic heterocycles. The number of rotatable bonds is 4. The number of amides is 2. The number of likely N-dealkylation sites (N-methyl/N-ethyl adjacent to an activating group) is 1. The number of carbonyl (C=O) groups excluding carboxylic acids is 2.